The number of carbonyl (C=O) groups is 1. The van der Waals surface area contributed by atoms with E-state index in [1.807, 2.05) is 36.4 Å². The number of piperazine rings is 1. The zero-order chi connectivity index (χ0) is 19.9. The Kier molecular flexibility index (Phi) is 5.11. The van der Waals surface area contributed by atoms with Gasteiger partial charge in [-0.05, 0) is 36.8 Å². The minimum atomic E-state index is -3.49. The third-order valence-corrected chi connectivity index (χ3v) is 8.74. The van der Waals surface area contributed by atoms with Gasteiger partial charge in [0.2, 0.25) is 15.9 Å². The number of sulfonamides is 1. The Hall–Kier alpha value is -2.03. The van der Waals surface area contributed by atoms with Crippen LogP contribution in [0.2, 0.25) is 0 Å². The number of carbonyl (C=O) groups excluding carboxylic acids is 1. The molecule has 1 fully saturated rings. The first kappa shape index (κ1) is 19.3. The quantitative estimate of drug-likeness (QED) is 0.707. The van der Waals surface area contributed by atoms with E-state index in [1.54, 1.807) is 23.6 Å². The van der Waals surface area contributed by atoms with Crippen LogP contribution in [0.4, 0.5) is 11.4 Å². The summed E-state index contributed by atoms with van der Waals surface area (Å²) < 4.78 is 27.8. The highest BCUT2D eigenvalue weighted by atomic mass is 32.2. The van der Waals surface area contributed by atoms with Crippen LogP contribution in [-0.4, -0.2) is 49.7 Å². The van der Waals surface area contributed by atoms with Gasteiger partial charge in [0.25, 0.3) is 0 Å². The highest BCUT2D eigenvalue weighted by Gasteiger charge is 2.33. The molecule has 0 bridgehead atoms. The molecule has 8 heteroatoms. The van der Waals surface area contributed by atoms with Gasteiger partial charge in [-0.25, -0.2) is 8.42 Å². The lowest BCUT2D eigenvalue weighted by molar-refractivity contribution is -0.129. The van der Waals surface area contributed by atoms with E-state index < -0.39 is 15.3 Å². The summed E-state index contributed by atoms with van der Waals surface area (Å²) in [6, 6.07) is 13.9. The van der Waals surface area contributed by atoms with Crippen LogP contribution in [0.25, 0.3) is 0 Å². The summed E-state index contributed by atoms with van der Waals surface area (Å²) in [6.45, 7) is 4.83. The number of amides is 1. The third-order valence-electron chi connectivity index (χ3n) is 5.34. The van der Waals surface area contributed by atoms with Gasteiger partial charge in [-0.1, -0.05) is 30.0 Å². The van der Waals surface area contributed by atoms with Gasteiger partial charge in [-0.2, -0.15) is 4.31 Å². The van der Waals surface area contributed by atoms with E-state index in [4.69, 9.17) is 0 Å². The van der Waals surface area contributed by atoms with Crippen LogP contribution in [0.15, 0.2) is 52.3 Å². The maximum Gasteiger partial charge on any atom is 0.221 e. The summed E-state index contributed by atoms with van der Waals surface area (Å²) in [5, 5.41) is 2.76. The van der Waals surface area contributed by atoms with Gasteiger partial charge in [-0.3, -0.25) is 4.79 Å². The number of nitrogens with one attached hydrogen (secondary N) is 1. The molecule has 0 saturated carbocycles. The van der Waals surface area contributed by atoms with Crippen molar-refractivity contribution in [2.75, 3.05) is 31.5 Å². The first-order chi connectivity index (χ1) is 13.4. The zero-order valence-corrected chi connectivity index (χ0v) is 17.5. The van der Waals surface area contributed by atoms with Crippen LogP contribution in [0.5, 0.6) is 0 Å². The topological polar surface area (TPSA) is 69.7 Å². The van der Waals surface area contributed by atoms with Crippen LogP contribution in [0.1, 0.15) is 24.7 Å². The standard InChI is InChI=1S/C20H23N3O3S2/c1-14(28(25,26)23-11-9-22(10-12-23)15(2)24)16-7-8-20-18(13-16)21-17-5-3-4-6-19(17)27-20/h3-8,13-14,21H,9-12H2,1-2H3. The van der Waals surface area contributed by atoms with E-state index in [1.165, 1.54) is 11.2 Å². The summed E-state index contributed by atoms with van der Waals surface area (Å²) in [6.07, 6.45) is 0. The molecule has 1 atom stereocenters. The summed E-state index contributed by atoms with van der Waals surface area (Å²) in [5.41, 5.74) is 2.73. The van der Waals surface area contributed by atoms with Crippen LogP contribution in [-0.2, 0) is 14.8 Å². The molecule has 1 saturated heterocycles. The molecule has 148 valence electrons. The Morgan fingerprint density at radius 2 is 1.71 bits per heavy atom. The predicted octanol–water partition coefficient (Wildman–Crippen LogP) is 3.45. The lowest BCUT2D eigenvalue weighted by Gasteiger charge is -2.35. The van der Waals surface area contributed by atoms with Crippen molar-refractivity contribution >= 4 is 39.1 Å². The number of nitrogens with zero attached hydrogens (tertiary/aromatic N) is 2. The molecule has 28 heavy (non-hydrogen) atoms. The van der Waals surface area contributed by atoms with Gasteiger partial charge in [-0.15, -0.1) is 0 Å². The minimum Gasteiger partial charge on any atom is -0.354 e. The summed E-state index contributed by atoms with van der Waals surface area (Å²) >= 11 is 1.68. The zero-order valence-electron chi connectivity index (χ0n) is 15.9. The van der Waals surface area contributed by atoms with Crippen molar-refractivity contribution in [3.8, 4) is 0 Å². The molecule has 4 rings (SSSR count). The fourth-order valence-corrected chi connectivity index (χ4v) is 6.14. The second kappa shape index (κ2) is 7.42. The van der Waals surface area contributed by atoms with Gasteiger partial charge in [0.15, 0.2) is 0 Å². The molecule has 2 aliphatic rings. The van der Waals surface area contributed by atoms with Crippen molar-refractivity contribution in [3.63, 3.8) is 0 Å². The Balaban J connectivity index is 1.54. The number of benzene rings is 2. The smallest absolute Gasteiger partial charge is 0.221 e. The third kappa shape index (κ3) is 3.52. The molecule has 1 amide bonds. The van der Waals surface area contributed by atoms with Gasteiger partial charge in [0, 0.05) is 42.9 Å². The maximum atomic E-state index is 13.1. The summed E-state index contributed by atoms with van der Waals surface area (Å²) in [5.74, 6) is -0.0105. The van der Waals surface area contributed by atoms with Crippen molar-refractivity contribution in [1.29, 1.82) is 0 Å². The molecule has 0 radical (unpaired) electrons. The lowest BCUT2D eigenvalue weighted by Crippen LogP contribution is -2.50. The van der Waals surface area contributed by atoms with Crippen LogP contribution < -0.4 is 5.32 Å². The molecular formula is C20H23N3O3S2. The second-order valence-electron chi connectivity index (χ2n) is 7.07. The van der Waals surface area contributed by atoms with Crippen molar-refractivity contribution in [2.45, 2.75) is 28.9 Å². The summed E-state index contributed by atoms with van der Waals surface area (Å²) in [4.78, 5) is 15.4. The number of hydrogen-bond donors (Lipinski definition) is 1. The SMILES string of the molecule is CC(=O)N1CCN(S(=O)(=O)C(C)c2ccc3c(c2)Nc2ccccc2S3)CC1. The molecule has 2 aromatic rings. The van der Waals surface area contributed by atoms with E-state index in [0.717, 1.165) is 26.7 Å². The van der Waals surface area contributed by atoms with Crippen molar-refractivity contribution in [3.05, 3.63) is 48.0 Å². The molecule has 2 heterocycles. The van der Waals surface area contributed by atoms with Crippen LogP contribution in [0, 0.1) is 0 Å². The molecule has 6 nitrogen and oxygen atoms in total. The first-order valence-corrected chi connectivity index (χ1v) is 11.6. The largest absolute Gasteiger partial charge is 0.354 e. The molecule has 2 aliphatic heterocycles. The lowest BCUT2D eigenvalue weighted by atomic mass is 10.1. The highest BCUT2D eigenvalue weighted by molar-refractivity contribution is 7.99. The minimum absolute atomic E-state index is 0.0105. The van der Waals surface area contributed by atoms with Gasteiger partial charge >= 0.3 is 0 Å². The van der Waals surface area contributed by atoms with E-state index in [2.05, 4.69) is 11.4 Å². The molecule has 1 unspecified atom stereocenters. The average Bonchev–Trinajstić information content (AvgIpc) is 2.71. The molecule has 0 aromatic heterocycles. The van der Waals surface area contributed by atoms with Gasteiger partial charge in [0.05, 0.1) is 16.6 Å². The number of rotatable bonds is 3. The van der Waals surface area contributed by atoms with E-state index in [-0.39, 0.29) is 5.91 Å². The fraction of sp³-hybridized carbons (Fsp3) is 0.350. The van der Waals surface area contributed by atoms with E-state index in [9.17, 15) is 13.2 Å². The average molecular weight is 418 g/mol. The van der Waals surface area contributed by atoms with Crippen molar-refractivity contribution < 1.29 is 13.2 Å². The number of hydrogen-bond acceptors (Lipinski definition) is 5. The molecular weight excluding hydrogens is 394 g/mol. The Morgan fingerprint density at radius 1 is 1.04 bits per heavy atom. The summed E-state index contributed by atoms with van der Waals surface area (Å²) in [7, 11) is -3.49. The molecule has 1 N–H and O–H groups in total. The maximum absolute atomic E-state index is 13.1. The first-order valence-electron chi connectivity index (χ1n) is 9.28. The number of fused-ring (bicyclic) bond motifs is 2. The van der Waals surface area contributed by atoms with E-state index >= 15 is 0 Å². The Bertz CT molecular complexity index is 1020. The van der Waals surface area contributed by atoms with Gasteiger partial charge < -0.3 is 10.2 Å². The fourth-order valence-electron chi connectivity index (χ4n) is 3.56. The van der Waals surface area contributed by atoms with E-state index in [0.29, 0.717) is 26.2 Å². The predicted molar refractivity (Wildman–Crippen MR) is 111 cm³/mol. The second-order valence-corrected chi connectivity index (χ2v) is 10.4. The van der Waals surface area contributed by atoms with Crippen LogP contribution in [0.3, 0.4) is 0 Å². The molecule has 0 spiro atoms. The molecule has 2 aromatic carbocycles. The normalized spacial score (nSPS) is 18.0. The van der Waals surface area contributed by atoms with Crippen molar-refractivity contribution in [2.24, 2.45) is 0 Å². The Morgan fingerprint density at radius 3 is 2.43 bits per heavy atom. The number of anilines is 2. The highest BCUT2D eigenvalue weighted by Crippen LogP contribution is 2.45. The van der Waals surface area contributed by atoms with Crippen molar-refractivity contribution in [1.82, 2.24) is 9.21 Å². The molecule has 0 aliphatic carbocycles. The number of para-hydroxylation sites is 1. The van der Waals surface area contributed by atoms with Gasteiger partial charge in [0.1, 0.15) is 0 Å². The Labute approximate surface area is 170 Å². The monoisotopic (exact) mass is 417 g/mol. The van der Waals surface area contributed by atoms with Crippen LogP contribution >= 0.6 is 11.8 Å².